The predicted octanol–water partition coefficient (Wildman–Crippen LogP) is 3.70. The van der Waals surface area contributed by atoms with E-state index in [1.54, 1.807) is 12.1 Å². The van der Waals surface area contributed by atoms with Gasteiger partial charge in [0.25, 0.3) is 0 Å². The van der Waals surface area contributed by atoms with Crippen LogP contribution in [0.15, 0.2) is 48.5 Å². The van der Waals surface area contributed by atoms with Gasteiger partial charge in [-0.25, -0.2) is 4.39 Å². The maximum atomic E-state index is 14.1. The molecule has 1 unspecified atom stereocenters. The lowest BCUT2D eigenvalue weighted by Crippen LogP contribution is -2.23. The molecule has 21 heavy (non-hydrogen) atoms. The highest BCUT2D eigenvalue weighted by molar-refractivity contribution is 5.30. The summed E-state index contributed by atoms with van der Waals surface area (Å²) in [6.07, 6.45) is 3.27. The molecule has 2 nitrogen and oxygen atoms in total. The fourth-order valence-electron chi connectivity index (χ4n) is 2.74. The molecule has 0 aliphatic carbocycles. The van der Waals surface area contributed by atoms with Gasteiger partial charge < -0.3 is 10.1 Å². The van der Waals surface area contributed by atoms with Crippen molar-refractivity contribution >= 4 is 0 Å². The van der Waals surface area contributed by atoms with Crippen LogP contribution in [0.2, 0.25) is 0 Å². The Balaban J connectivity index is 1.61. The minimum Gasteiger partial charge on any atom is -0.486 e. The molecule has 0 saturated carbocycles. The third-order valence-corrected chi connectivity index (χ3v) is 3.88. The van der Waals surface area contributed by atoms with Gasteiger partial charge in [0.15, 0.2) is 11.6 Å². The van der Waals surface area contributed by atoms with E-state index < -0.39 is 0 Å². The third kappa shape index (κ3) is 3.82. The van der Waals surface area contributed by atoms with Gasteiger partial charge in [-0.15, -0.1) is 0 Å². The highest BCUT2D eigenvalue weighted by atomic mass is 19.1. The lowest BCUT2D eigenvalue weighted by atomic mass is 10.0. The zero-order valence-corrected chi connectivity index (χ0v) is 12.0. The van der Waals surface area contributed by atoms with Gasteiger partial charge >= 0.3 is 0 Å². The fraction of sp³-hybridized carbons (Fsp3) is 0.333. The van der Waals surface area contributed by atoms with Crippen molar-refractivity contribution in [2.45, 2.75) is 31.9 Å². The minimum absolute atomic E-state index is 0.276. The van der Waals surface area contributed by atoms with Crippen LogP contribution >= 0.6 is 0 Å². The van der Waals surface area contributed by atoms with E-state index >= 15 is 0 Å². The molecule has 0 bridgehead atoms. The Morgan fingerprint density at radius 2 is 1.95 bits per heavy atom. The van der Waals surface area contributed by atoms with Crippen LogP contribution in [0.4, 0.5) is 4.39 Å². The number of hydrogen-bond acceptors (Lipinski definition) is 2. The first-order valence-corrected chi connectivity index (χ1v) is 7.50. The van der Waals surface area contributed by atoms with E-state index in [1.165, 1.54) is 12.8 Å². The maximum Gasteiger partial charge on any atom is 0.165 e. The fourth-order valence-corrected chi connectivity index (χ4v) is 2.74. The van der Waals surface area contributed by atoms with E-state index in [4.69, 9.17) is 4.74 Å². The molecule has 1 fully saturated rings. The molecule has 3 heteroatoms. The van der Waals surface area contributed by atoms with Crippen LogP contribution in [0, 0.1) is 5.82 Å². The highest BCUT2D eigenvalue weighted by Crippen LogP contribution is 2.21. The third-order valence-electron chi connectivity index (χ3n) is 3.88. The lowest BCUT2D eigenvalue weighted by Gasteiger charge is -2.12. The van der Waals surface area contributed by atoms with Gasteiger partial charge in [-0.2, -0.15) is 0 Å². The van der Waals surface area contributed by atoms with Gasteiger partial charge in [0.2, 0.25) is 0 Å². The molecular formula is C18H20FNO. The number of benzene rings is 2. The molecule has 1 aliphatic rings. The summed E-state index contributed by atoms with van der Waals surface area (Å²) in [4.78, 5) is 0. The van der Waals surface area contributed by atoms with E-state index in [-0.39, 0.29) is 5.82 Å². The van der Waals surface area contributed by atoms with Crippen LogP contribution in [0.5, 0.6) is 5.75 Å². The molecule has 0 radical (unpaired) electrons. The van der Waals surface area contributed by atoms with E-state index in [0.717, 1.165) is 24.1 Å². The molecule has 1 aliphatic heterocycles. The van der Waals surface area contributed by atoms with Crippen LogP contribution < -0.4 is 10.1 Å². The summed E-state index contributed by atoms with van der Waals surface area (Å²) in [5.74, 6) is 0.0448. The summed E-state index contributed by atoms with van der Waals surface area (Å²) in [5, 5.41) is 3.43. The SMILES string of the molecule is Fc1cc(CC2CCCN2)ccc1OCc1ccccc1. The Morgan fingerprint density at radius 3 is 2.67 bits per heavy atom. The number of nitrogens with one attached hydrogen (secondary N) is 1. The van der Waals surface area contributed by atoms with Crippen LogP contribution in [0.1, 0.15) is 24.0 Å². The van der Waals surface area contributed by atoms with Crippen molar-refractivity contribution in [3.05, 3.63) is 65.5 Å². The van der Waals surface area contributed by atoms with Crippen LogP contribution in [-0.4, -0.2) is 12.6 Å². The molecule has 0 amide bonds. The van der Waals surface area contributed by atoms with Crippen LogP contribution in [0.25, 0.3) is 0 Å². The summed E-state index contributed by atoms with van der Waals surface area (Å²) in [5.41, 5.74) is 2.06. The second-order valence-corrected chi connectivity index (χ2v) is 5.54. The molecule has 1 atom stereocenters. The van der Waals surface area contributed by atoms with E-state index in [1.807, 2.05) is 36.4 Å². The van der Waals surface area contributed by atoms with Crippen molar-refractivity contribution in [3.63, 3.8) is 0 Å². The Labute approximate surface area is 125 Å². The van der Waals surface area contributed by atoms with Gasteiger partial charge in [-0.05, 0) is 49.1 Å². The molecule has 0 aromatic heterocycles. The first-order chi connectivity index (χ1) is 10.3. The van der Waals surface area contributed by atoms with E-state index in [0.29, 0.717) is 18.4 Å². The summed E-state index contributed by atoms with van der Waals surface area (Å²) < 4.78 is 19.6. The Bertz CT molecular complexity index is 579. The van der Waals surface area contributed by atoms with Gasteiger partial charge in [0, 0.05) is 6.04 Å². The average Bonchev–Trinajstić information content (AvgIpc) is 3.00. The van der Waals surface area contributed by atoms with Crippen molar-refractivity contribution in [2.75, 3.05) is 6.54 Å². The Kier molecular flexibility index (Phi) is 4.51. The van der Waals surface area contributed by atoms with E-state index in [2.05, 4.69) is 5.32 Å². The maximum absolute atomic E-state index is 14.1. The van der Waals surface area contributed by atoms with Crippen molar-refractivity contribution in [1.82, 2.24) is 5.32 Å². The van der Waals surface area contributed by atoms with Gasteiger partial charge in [0.1, 0.15) is 6.61 Å². The van der Waals surface area contributed by atoms with Crippen molar-refractivity contribution in [3.8, 4) is 5.75 Å². The number of halogens is 1. The summed E-state index contributed by atoms with van der Waals surface area (Å²) in [6.45, 7) is 1.46. The first kappa shape index (κ1) is 14.1. The average molecular weight is 285 g/mol. The standard InChI is InChI=1S/C18H20FNO/c19-17-12-15(11-16-7-4-10-20-16)8-9-18(17)21-13-14-5-2-1-3-6-14/h1-3,5-6,8-9,12,16,20H,4,7,10-11,13H2. The Morgan fingerprint density at radius 1 is 1.10 bits per heavy atom. The molecular weight excluding hydrogens is 265 g/mol. The van der Waals surface area contributed by atoms with Crippen LogP contribution in [-0.2, 0) is 13.0 Å². The molecule has 1 saturated heterocycles. The Hall–Kier alpha value is -1.87. The second-order valence-electron chi connectivity index (χ2n) is 5.54. The molecule has 1 heterocycles. The van der Waals surface area contributed by atoms with Crippen molar-refractivity contribution < 1.29 is 9.13 Å². The predicted molar refractivity (Wildman–Crippen MR) is 81.9 cm³/mol. The van der Waals surface area contributed by atoms with Crippen molar-refractivity contribution in [1.29, 1.82) is 0 Å². The van der Waals surface area contributed by atoms with Gasteiger partial charge in [-0.1, -0.05) is 36.4 Å². The second kappa shape index (κ2) is 6.72. The molecule has 3 rings (SSSR count). The zero-order chi connectivity index (χ0) is 14.5. The summed E-state index contributed by atoms with van der Waals surface area (Å²) in [6, 6.07) is 15.6. The van der Waals surface area contributed by atoms with Crippen LogP contribution in [0.3, 0.4) is 0 Å². The number of rotatable bonds is 5. The number of hydrogen-bond donors (Lipinski definition) is 1. The van der Waals surface area contributed by atoms with Crippen molar-refractivity contribution in [2.24, 2.45) is 0 Å². The minimum atomic E-state index is -0.276. The largest absolute Gasteiger partial charge is 0.486 e. The van der Waals surface area contributed by atoms with Gasteiger partial charge in [-0.3, -0.25) is 0 Å². The summed E-state index contributed by atoms with van der Waals surface area (Å²) >= 11 is 0. The molecule has 2 aromatic carbocycles. The lowest BCUT2D eigenvalue weighted by molar-refractivity contribution is 0.290. The quantitative estimate of drug-likeness (QED) is 0.904. The monoisotopic (exact) mass is 285 g/mol. The zero-order valence-electron chi connectivity index (χ0n) is 12.0. The molecule has 1 N–H and O–H groups in total. The number of ether oxygens (including phenoxy) is 1. The highest BCUT2D eigenvalue weighted by Gasteiger charge is 2.15. The van der Waals surface area contributed by atoms with E-state index in [9.17, 15) is 4.39 Å². The normalized spacial score (nSPS) is 17.9. The molecule has 110 valence electrons. The van der Waals surface area contributed by atoms with Gasteiger partial charge in [0.05, 0.1) is 0 Å². The first-order valence-electron chi connectivity index (χ1n) is 7.50. The summed E-state index contributed by atoms with van der Waals surface area (Å²) in [7, 11) is 0. The molecule has 2 aromatic rings. The smallest absolute Gasteiger partial charge is 0.165 e. The molecule has 0 spiro atoms. The topological polar surface area (TPSA) is 21.3 Å².